The van der Waals surface area contributed by atoms with Crippen LogP contribution in [0.2, 0.25) is 0 Å². The van der Waals surface area contributed by atoms with Crippen molar-refractivity contribution in [3.63, 3.8) is 0 Å². The topological polar surface area (TPSA) is 649 Å². The third-order valence-corrected chi connectivity index (χ3v) is 17.7. The molecule has 0 aliphatic carbocycles. The van der Waals surface area contributed by atoms with Gasteiger partial charge in [-0.05, 0) is 77.6 Å². The summed E-state index contributed by atoms with van der Waals surface area (Å²) in [5.74, 6) is -14.3. The van der Waals surface area contributed by atoms with Crippen LogP contribution in [0.15, 0.2) is 0 Å². The Bertz CT molecular complexity index is 2870. The van der Waals surface area contributed by atoms with Crippen LogP contribution in [0.4, 0.5) is 0 Å². The quantitative estimate of drug-likeness (QED) is 0.0139. The highest BCUT2D eigenvalue weighted by Crippen LogP contribution is 2.15. The number of carboxylic acids is 6. The number of aliphatic hydroxyl groups excluding tert-OH is 2. The van der Waals surface area contributed by atoms with Gasteiger partial charge >= 0.3 is 35.8 Å². The minimum atomic E-state index is -1.47. The maximum absolute atomic E-state index is 12.6. The highest BCUT2D eigenvalue weighted by Gasteiger charge is 2.29. The van der Waals surface area contributed by atoms with Gasteiger partial charge in [0.15, 0.2) is 0 Å². The number of carboxylic acid groups (broad SMARTS) is 6. The summed E-state index contributed by atoms with van der Waals surface area (Å²) in [6.07, 6.45) is 10.7. The van der Waals surface area contributed by atoms with E-state index in [2.05, 4.69) is 56.7 Å². The Kier molecular flexibility index (Phi) is 63.2. The van der Waals surface area contributed by atoms with E-state index in [1.807, 2.05) is 0 Å². The summed E-state index contributed by atoms with van der Waals surface area (Å²) < 4.78 is 34.5. The third kappa shape index (κ3) is 60.4. The molecule has 42 nitrogen and oxygen atoms in total. The summed E-state index contributed by atoms with van der Waals surface area (Å²) in [6.45, 7) is -0.252. The molecular weight excluding hydrogens is 1630 g/mol. The van der Waals surface area contributed by atoms with Gasteiger partial charge in [0, 0.05) is 87.6 Å². The molecule has 654 valence electrons. The molecular formula is C71H123IN12O30. The summed E-state index contributed by atoms with van der Waals surface area (Å²) in [5.41, 5.74) is 5.22. The van der Waals surface area contributed by atoms with Gasteiger partial charge in [-0.1, -0.05) is 77.0 Å². The molecule has 0 aliphatic rings. The number of halogens is 1. The number of amides is 10. The molecule has 0 heterocycles. The Hall–Kier alpha value is -8.15. The van der Waals surface area contributed by atoms with E-state index < -0.39 is 176 Å². The average molecular weight is 1750 g/mol. The minimum absolute atomic E-state index is 0.000634. The summed E-state index contributed by atoms with van der Waals surface area (Å²) >= 11 is 1.78. The van der Waals surface area contributed by atoms with E-state index in [1.54, 1.807) is 22.9 Å². The van der Waals surface area contributed by atoms with Crippen molar-refractivity contribution in [1.82, 2.24) is 56.7 Å². The lowest BCUT2D eigenvalue weighted by molar-refractivity contribution is -0.143. The predicted octanol–water partition coefficient (Wildman–Crippen LogP) is -1.75. The van der Waals surface area contributed by atoms with E-state index in [-0.39, 0.29) is 156 Å². The standard InChI is InChI=1S/C71H123IN12O30/c1-47(85)64(65(73)97)83-66(98)48(84-72)18-16-17-31-74-54(86)26-22-51(69(103)104)80-60(92)44-112-41-39-110-36-33-76-56(88)28-24-53(71(107)108)82-62(94)46-114-43-40-111-37-34-77-57(89)29-23-52(70(105)106)81-61(93)45-113-42-38-109-35-32-75-55(87)27-21-49(67(99)100)79-59(91)30-25-50(68(101)102)78-58(90)19-14-12-10-8-6-4-2-3-5-7-9-11-13-15-20-63(95)96/h47-53,56,64,76,84-85,88H,2-46H2,1H3,(H2,73,97)(H,74,86)(H,75,87)(H,77,89)(H,78,90)(H,79,91)(H,80,92)(H,81,93)(H,82,94)(H,83,98)(H,95,96)(H,99,100)(H,101,102)(H,103,104)(H,105,106)(H,107,108)/t47-,48+,49+,50+,51+,52+,53+,56?,64+/m1/s1. The molecule has 0 aliphatic heterocycles. The maximum Gasteiger partial charge on any atom is 0.326 e. The van der Waals surface area contributed by atoms with Gasteiger partial charge in [0.25, 0.3) is 0 Å². The minimum Gasteiger partial charge on any atom is -0.481 e. The second kappa shape index (κ2) is 68.1. The number of ether oxygens (including phenoxy) is 6. The number of hydrogen-bond acceptors (Lipinski definition) is 26. The average Bonchev–Trinajstić information content (AvgIpc) is 0.890. The number of unbranched alkanes of at least 4 members (excludes halogenated alkanes) is 14. The van der Waals surface area contributed by atoms with Crippen LogP contribution in [-0.2, 0) is 105 Å². The van der Waals surface area contributed by atoms with Gasteiger partial charge in [-0.2, -0.15) is 0 Å². The molecule has 114 heavy (non-hydrogen) atoms. The number of nitrogens with one attached hydrogen (secondary N) is 11. The number of aliphatic carboxylic acids is 6. The molecule has 21 N–H and O–H groups in total. The largest absolute Gasteiger partial charge is 0.481 e. The third-order valence-electron chi connectivity index (χ3n) is 16.9. The Morgan fingerprint density at radius 1 is 0.316 bits per heavy atom. The fourth-order valence-corrected chi connectivity index (χ4v) is 11.2. The Labute approximate surface area is 676 Å². The molecule has 0 aromatic carbocycles. The first-order valence-electron chi connectivity index (χ1n) is 38.5. The van der Waals surface area contributed by atoms with E-state index in [1.165, 1.54) is 19.8 Å². The highest BCUT2D eigenvalue weighted by molar-refractivity contribution is 14.1. The van der Waals surface area contributed by atoms with Crippen molar-refractivity contribution < 1.29 is 146 Å². The lowest BCUT2D eigenvalue weighted by Gasteiger charge is -2.21. The molecule has 9 atom stereocenters. The predicted molar refractivity (Wildman–Crippen MR) is 411 cm³/mol. The van der Waals surface area contributed by atoms with Crippen molar-refractivity contribution in [3.8, 4) is 0 Å². The van der Waals surface area contributed by atoms with Crippen molar-refractivity contribution >= 4 is 118 Å². The summed E-state index contributed by atoms with van der Waals surface area (Å²) in [5, 5.41) is 101. The van der Waals surface area contributed by atoms with Gasteiger partial charge in [0.2, 0.25) is 59.1 Å². The fraction of sp³-hybridized carbons (Fsp3) is 0.775. The van der Waals surface area contributed by atoms with Crippen LogP contribution in [0.3, 0.4) is 0 Å². The van der Waals surface area contributed by atoms with Crippen LogP contribution in [-0.4, -0.2) is 296 Å². The molecule has 0 radical (unpaired) electrons. The zero-order valence-electron chi connectivity index (χ0n) is 65.0. The molecule has 0 bridgehead atoms. The first-order chi connectivity index (χ1) is 54.4. The zero-order valence-corrected chi connectivity index (χ0v) is 67.2. The van der Waals surface area contributed by atoms with Gasteiger partial charge in [0.05, 0.1) is 71.6 Å². The van der Waals surface area contributed by atoms with E-state index in [0.717, 1.165) is 70.6 Å². The summed E-state index contributed by atoms with van der Waals surface area (Å²) in [7, 11) is 0. The van der Waals surface area contributed by atoms with Crippen molar-refractivity contribution in [2.45, 2.75) is 248 Å². The summed E-state index contributed by atoms with van der Waals surface area (Å²) in [6, 6.07) is -9.02. The van der Waals surface area contributed by atoms with Crippen LogP contribution in [0, 0.1) is 0 Å². The lowest BCUT2D eigenvalue weighted by atomic mass is 10.0. The number of aliphatic hydroxyl groups is 2. The number of carbonyl (C=O) groups excluding carboxylic acids is 10. The Morgan fingerprint density at radius 3 is 0.982 bits per heavy atom. The SMILES string of the molecule is C[C@@H](O)[C@H](NC(=O)[C@H](CCCCNC(=O)CC[C@H](NC(=O)COCCOCCNC(O)CC[C@H](NC(=O)COCCOCCNC(=O)CC[C@H](NC(=O)COCCOCCNC(=O)CC[C@H](NC(=O)CC[C@H](NC(=O)CCCCCCCCCCCCCCCCC(=O)O)C(=O)O)C(=O)O)C(=O)O)C(=O)O)C(=O)O)NI)C(N)=O. The van der Waals surface area contributed by atoms with Crippen molar-refractivity contribution in [2.24, 2.45) is 5.73 Å². The molecule has 0 aromatic heterocycles. The van der Waals surface area contributed by atoms with E-state index in [4.69, 9.17) is 39.3 Å². The van der Waals surface area contributed by atoms with Gasteiger partial charge in [-0.25, -0.2) is 27.5 Å². The van der Waals surface area contributed by atoms with Crippen LogP contribution in [0.1, 0.15) is 193 Å². The van der Waals surface area contributed by atoms with Crippen molar-refractivity contribution in [3.05, 3.63) is 0 Å². The Morgan fingerprint density at radius 2 is 0.632 bits per heavy atom. The Balaban J connectivity index is 4.21. The van der Waals surface area contributed by atoms with Crippen LogP contribution in [0.5, 0.6) is 0 Å². The van der Waals surface area contributed by atoms with E-state index >= 15 is 0 Å². The highest BCUT2D eigenvalue weighted by atomic mass is 127. The van der Waals surface area contributed by atoms with Gasteiger partial charge in [-0.3, -0.25) is 58.1 Å². The van der Waals surface area contributed by atoms with Gasteiger partial charge < -0.3 is 123 Å². The number of nitrogens with two attached hydrogens (primary N) is 1. The van der Waals surface area contributed by atoms with Crippen LogP contribution < -0.4 is 62.4 Å². The molecule has 0 saturated carbocycles. The molecule has 0 rings (SSSR count). The van der Waals surface area contributed by atoms with Crippen molar-refractivity contribution in [1.29, 1.82) is 0 Å². The number of primary amides is 1. The molecule has 0 saturated heterocycles. The van der Waals surface area contributed by atoms with Crippen LogP contribution >= 0.6 is 22.9 Å². The normalized spacial score (nSPS) is 13.5. The van der Waals surface area contributed by atoms with Gasteiger partial charge in [-0.15, -0.1) is 0 Å². The van der Waals surface area contributed by atoms with E-state index in [9.17, 15) is 112 Å². The number of carbonyl (C=O) groups is 16. The first-order valence-corrected chi connectivity index (χ1v) is 39.6. The molecule has 1 unspecified atom stereocenters. The van der Waals surface area contributed by atoms with E-state index in [0.29, 0.717) is 25.7 Å². The molecule has 0 spiro atoms. The first kappa shape index (κ1) is 106. The van der Waals surface area contributed by atoms with Gasteiger partial charge in [0.1, 0.15) is 62.3 Å². The molecule has 0 aromatic rings. The second-order valence-corrected chi connectivity index (χ2v) is 27.3. The van der Waals surface area contributed by atoms with Crippen molar-refractivity contribution in [2.75, 3.05) is 105 Å². The molecule has 43 heteroatoms. The molecule has 10 amide bonds. The summed E-state index contributed by atoms with van der Waals surface area (Å²) in [4.78, 5) is 193. The van der Waals surface area contributed by atoms with Crippen LogP contribution in [0.25, 0.3) is 0 Å². The monoisotopic (exact) mass is 1750 g/mol. The lowest BCUT2D eigenvalue weighted by Crippen LogP contribution is -2.54. The fourth-order valence-electron chi connectivity index (χ4n) is 10.6. The zero-order chi connectivity index (χ0) is 85.3. The molecule has 0 fully saturated rings. The smallest absolute Gasteiger partial charge is 0.326 e. The maximum atomic E-state index is 12.6. The number of rotatable bonds is 77. The second-order valence-electron chi connectivity index (χ2n) is 26.7. The number of hydrogen-bond donors (Lipinski definition) is 20.